The van der Waals surface area contributed by atoms with Gasteiger partial charge in [-0.3, -0.25) is 9.69 Å². The van der Waals surface area contributed by atoms with Gasteiger partial charge in [0.1, 0.15) is 11.9 Å². The van der Waals surface area contributed by atoms with Crippen LogP contribution in [0.5, 0.6) is 17.2 Å². The van der Waals surface area contributed by atoms with Gasteiger partial charge in [0.2, 0.25) is 5.91 Å². The first-order chi connectivity index (χ1) is 18.4. The number of rotatable bonds is 7. The Morgan fingerprint density at radius 3 is 2.68 bits per heavy atom. The third-order valence-electron chi connectivity index (χ3n) is 10.4. The quantitative estimate of drug-likeness (QED) is 0.585. The van der Waals surface area contributed by atoms with Crippen molar-refractivity contribution in [2.24, 2.45) is 5.92 Å². The summed E-state index contributed by atoms with van der Waals surface area (Å²) in [5.41, 5.74) is 1.76. The molecule has 0 radical (unpaired) electrons. The molecule has 2 unspecified atom stereocenters. The number of carbonyl (C=O) groups is 1. The summed E-state index contributed by atoms with van der Waals surface area (Å²) in [6, 6.07) is 11.5. The second-order valence-electron chi connectivity index (χ2n) is 12.2. The molecule has 7 heteroatoms. The topological polar surface area (TPSA) is 82.5 Å². The minimum absolute atomic E-state index is 0.0444. The van der Waals surface area contributed by atoms with Crippen LogP contribution in [0, 0.1) is 5.92 Å². The van der Waals surface area contributed by atoms with Crippen LogP contribution in [0.15, 0.2) is 36.4 Å². The average Bonchev–Trinajstić information content (AvgIpc) is 3.67. The number of aliphatic hydroxyl groups is 1. The van der Waals surface area contributed by atoms with Crippen LogP contribution in [0.1, 0.15) is 55.2 Å². The predicted molar refractivity (Wildman–Crippen MR) is 143 cm³/mol. The van der Waals surface area contributed by atoms with E-state index < -0.39 is 11.0 Å². The van der Waals surface area contributed by atoms with Gasteiger partial charge >= 0.3 is 0 Å². The van der Waals surface area contributed by atoms with Crippen LogP contribution in [0.4, 0.5) is 0 Å². The molecule has 0 aromatic heterocycles. The molecule has 2 aromatic carbocycles. The summed E-state index contributed by atoms with van der Waals surface area (Å²) in [5.74, 6) is 2.31. The van der Waals surface area contributed by atoms with Gasteiger partial charge in [-0.2, -0.15) is 0 Å². The van der Waals surface area contributed by atoms with E-state index in [9.17, 15) is 15.0 Å². The number of aromatic hydroxyl groups is 1. The summed E-state index contributed by atoms with van der Waals surface area (Å²) in [6.07, 6.45) is 6.16. The number of likely N-dealkylation sites (tertiary alicyclic amines) is 1. The fourth-order valence-corrected chi connectivity index (χ4v) is 8.26. The van der Waals surface area contributed by atoms with Crippen molar-refractivity contribution in [3.8, 4) is 17.2 Å². The summed E-state index contributed by atoms with van der Waals surface area (Å²) < 4.78 is 11.9. The number of phenols is 1. The van der Waals surface area contributed by atoms with E-state index in [0.29, 0.717) is 31.4 Å². The van der Waals surface area contributed by atoms with Crippen molar-refractivity contribution in [3.05, 3.63) is 53.1 Å². The second-order valence-corrected chi connectivity index (χ2v) is 12.2. The standard InChI is InChI=1S/C31H38N2O5/c1-32(26(35)12-7-19-5-9-22(37-2)10-6-19)23-13-14-31(36)25-17-21-8-11-24(34)28-27(21)30(31,29(23)38-28)15-16-33(25)18-20-3-4-20/h5-6,8-11,20,23,25,29,34,36H,3-4,7,12-18H2,1-2H3/t23?,25-,29?,30+,31-/m1/s1. The summed E-state index contributed by atoms with van der Waals surface area (Å²) in [7, 11) is 3.54. The van der Waals surface area contributed by atoms with Crippen LogP contribution in [-0.4, -0.2) is 77.0 Å². The number of hydrogen-bond acceptors (Lipinski definition) is 6. The van der Waals surface area contributed by atoms with Crippen LogP contribution in [0.25, 0.3) is 0 Å². The maximum atomic E-state index is 13.5. The third kappa shape index (κ3) is 3.37. The molecule has 7 nitrogen and oxygen atoms in total. The number of ether oxygens (including phenoxy) is 2. The zero-order chi connectivity index (χ0) is 26.2. The molecule has 1 spiro atoms. The van der Waals surface area contributed by atoms with Crippen LogP contribution < -0.4 is 9.47 Å². The minimum atomic E-state index is -0.930. The monoisotopic (exact) mass is 518 g/mol. The molecule has 1 saturated heterocycles. The highest BCUT2D eigenvalue weighted by Gasteiger charge is 2.73. The van der Waals surface area contributed by atoms with Gasteiger partial charge in [0.25, 0.3) is 0 Å². The van der Waals surface area contributed by atoms with E-state index >= 15 is 0 Å². The maximum absolute atomic E-state index is 13.5. The lowest BCUT2D eigenvalue weighted by atomic mass is 9.48. The number of aryl methyl sites for hydroxylation is 1. The number of amides is 1. The first-order valence-corrected chi connectivity index (χ1v) is 14.2. The Labute approximate surface area is 224 Å². The highest BCUT2D eigenvalue weighted by molar-refractivity contribution is 5.77. The molecule has 7 rings (SSSR count). The number of nitrogens with zero attached hydrogens (tertiary/aromatic N) is 2. The van der Waals surface area contributed by atoms with Gasteiger partial charge in [-0.15, -0.1) is 0 Å². The molecule has 3 aliphatic carbocycles. The number of carbonyl (C=O) groups excluding carboxylic acids is 1. The molecule has 2 bridgehead atoms. The first-order valence-electron chi connectivity index (χ1n) is 14.2. The lowest BCUT2D eigenvalue weighted by molar-refractivity contribution is -0.200. The van der Waals surface area contributed by atoms with Crippen molar-refractivity contribution in [1.29, 1.82) is 0 Å². The van der Waals surface area contributed by atoms with Gasteiger partial charge in [0, 0.05) is 31.6 Å². The average molecular weight is 519 g/mol. The van der Waals surface area contributed by atoms with E-state index in [0.717, 1.165) is 48.7 Å². The van der Waals surface area contributed by atoms with Gasteiger partial charge in [0.05, 0.1) is 24.2 Å². The number of hydrogen-bond donors (Lipinski definition) is 2. The molecule has 3 fully saturated rings. The number of likely N-dealkylation sites (N-methyl/N-ethyl adjacent to an activating group) is 1. The molecular formula is C31H38N2O5. The van der Waals surface area contributed by atoms with Crippen molar-refractivity contribution < 1.29 is 24.5 Å². The molecule has 202 valence electrons. The molecule has 1 amide bonds. The predicted octanol–water partition coefficient (Wildman–Crippen LogP) is 3.42. The van der Waals surface area contributed by atoms with E-state index in [1.54, 1.807) is 13.2 Å². The van der Waals surface area contributed by atoms with Gasteiger partial charge in [-0.25, -0.2) is 0 Å². The van der Waals surface area contributed by atoms with Gasteiger partial charge in [-0.1, -0.05) is 18.2 Å². The van der Waals surface area contributed by atoms with Crippen LogP contribution in [0.2, 0.25) is 0 Å². The normalized spacial score (nSPS) is 32.9. The Morgan fingerprint density at radius 1 is 1.16 bits per heavy atom. The number of phenolic OH excluding ortho intramolecular Hbond substituents is 1. The van der Waals surface area contributed by atoms with Gasteiger partial charge in [-0.05, 0) is 86.7 Å². The summed E-state index contributed by atoms with van der Waals surface area (Å²) >= 11 is 0. The Bertz CT molecular complexity index is 1260. The Hall–Kier alpha value is -2.77. The molecule has 2 aliphatic heterocycles. The van der Waals surface area contributed by atoms with Crippen LogP contribution in [-0.2, 0) is 23.1 Å². The Kier molecular flexibility index (Phi) is 5.51. The highest BCUT2D eigenvalue weighted by atomic mass is 16.5. The van der Waals surface area contributed by atoms with Crippen LogP contribution >= 0.6 is 0 Å². The molecule has 5 atom stereocenters. The largest absolute Gasteiger partial charge is 0.504 e. The summed E-state index contributed by atoms with van der Waals surface area (Å²) in [5, 5.41) is 23.5. The third-order valence-corrected chi connectivity index (χ3v) is 10.4. The van der Waals surface area contributed by atoms with Gasteiger partial charge < -0.3 is 24.6 Å². The van der Waals surface area contributed by atoms with E-state index in [1.165, 1.54) is 18.4 Å². The Morgan fingerprint density at radius 2 is 1.95 bits per heavy atom. The lowest BCUT2D eigenvalue weighted by Crippen LogP contribution is -2.78. The van der Waals surface area contributed by atoms with Crippen molar-refractivity contribution >= 4 is 5.91 Å². The summed E-state index contributed by atoms with van der Waals surface area (Å²) in [4.78, 5) is 17.9. The smallest absolute Gasteiger partial charge is 0.223 e. The number of benzene rings is 2. The molecular weight excluding hydrogens is 480 g/mol. The maximum Gasteiger partial charge on any atom is 0.223 e. The van der Waals surface area contributed by atoms with E-state index in [4.69, 9.17) is 9.47 Å². The number of methoxy groups -OCH3 is 1. The molecule has 2 aromatic rings. The highest BCUT2D eigenvalue weighted by Crippen LogP contribution is 2.66. The Balaban J connectivity index is 1.18. The van der Waals surface area contributed by atoms with Gasteiger partial charge in [0.15, 0.2) is 11.5 Å². The van der Waals surface area contributed by atoms with Crippen molar-refractivity contribution in [1.82, 2.24) is 9.80 Å². The first kappa shape index (κ1) is 24.3. The zero-order valence-electron chi connectivity index (χ0n) is 22.4. The zero-order valence-corrected chi connectivity index (χ0v) is 22.4. The lowest BCUT2D eigenvalue weighted by Gasteiger charge is -2.64. The minimum Gasteiger partial charge on any atom is -0.504 e. The fourth-order valence-electron chi connectivity index (χ4n) is 8.26. The second kappa shape index (κ2) is 8.62. The molecule has 2 heterocycles. The SMILES string of the molecule is COc1ccc(CCC(=O)N(C)C2CC[C@@]3(O)[C@H]4Cc5ccc(O)c6c5[C@@]3(CCN4CC3CC3)C2O6)cc1. The van der Waals surface area contributed by atoms with E-state index in [1.807, 2.05) is 42.3 Å². The molecule has 38 heavy (non-hydrogen) atoms. The molecule has 2 N–H and O–H groups in total. The van der Waals surface area contributed by atoms with Crippen molar-refractivity contribution in [2.75, 3.05) is 27.2 Å². The van der Waals surface area contributed by atoms with E-state index in [2.05, 4.69) is 4.90 Å². The van der Waals surface area contributed by atoms with E-state index in [-0.39, 0.29) is 29.8 Å². The van der Waals surface area contributed by atoms with Crippen molar-refractivity contribution in [3.63, 3.8) is 0 Å². The summed E-state index contributed by atoms with van der Waals surface area (Å²) in [6.45, 7) is 1.97. The molecule has 2 saturated carbocycles. The molecule has 5 aliphatic rings. The fraction of sp³-hybridized carbons (Fsp3) is 0.581. The van der Waals surface area contributed by atoms with Crippen LogP contribution in [0.3, 0.4) is 0 Å². The van der Waals surface area contributed by atoms with Crippen molar-refractivity contribution in [2.45, 2.75) is 80.6 Å². The number of piperidine rings is 1.